The number of ether oxygens (including phenoxy) is 1. The second kappa shape index (κ2) is 10.0. The number of urea groups is 1. The summed E-state index contributed by atoms with van der Waals surface area (Å²) in [7, 11) is 1.63. The minimum atomic E-state index is -0.868. The number of carboxylic acids is 1. The van der Waals surface area contributed by atoms with Crippen LogP contribution in [0.25, 0.3) is 0 Å². The molecule has 0 bridgehead atoms. The van der Waals surface area contributed by atoms with E-state index in [0.717, 1.165) is 5.56 Å². The molecule has 0 aliphatic carbocycles. The SMILES string of the molecule is COC(CNC(=O)NC(CCC(=O)O)Cc1ccccc1)C(C)(C)C. The van der Waals surface area contributed by atoms with Crippen molar-refractivity contribution >= 4 is 12.0 Å². The molecule has 25 heavy (non-hydrogen) atoms. The number of rotatable bonds is 9. The van der Waals surface area contributed by atoms with E-state index in [4.69, 9.17) is 9.84 Å². The fourth-order valence-corrected chi connectivity index (χ4v) is 2.59. The maximum atomic E-state index is 12.2. The second-order valence-corrected chi connectivity index (χ2v) is 7.26. The van der Waals surface area contributed by atoms with Gasteiger partial charge in [0, 0.05) is 26.1 Å². The van der Waals surface area contributed by atoms with Crippen molar-refractivity contribution in [3.05, 3.63) is 35.9 Å². The number of hydrogen-bond acceptors (Lipinski definition) is 3. The van der Waals surface area contributed by atoms with Crippen LogP contribution in [0.5, 0.6) is 0 Å². The van der Waals surface area contributed by atoms with E-state index in [1.54, 1.807) is 7.11 Å². The van der Waals surface area contributed by atoms with Crippen LogP contribution in [-0.4, -0.2) is 42.9 Å². The van der Waals surface area contributed by atoms with Gasteiger partial charge in [0.25, 0.3) is 0 Å². The van der Waals surface area contributed by atoms with E-state index in [-0.39, 0.29) is 30.0 Å². The largest absolute Gasteiger partial charge is 0.481 e. The summed E-state index contributed by atoms with van der Waals surface area (Å²) in [6.45, 7) is 6.53. The molecule has 6 heteroatoms. The molecule has 0 saturated carbocycles. The summed E-state index contributed by atoms with van der Waals surface area (Å²) in [5.74, 6) is -0.868. The van der Waals surface area contributed by atoms with Gasteiger partial charge in [-0.3, -0.25) is 4.79 Å². The molecule has 2 unspecified atom stereocenters. The van der Waals surface area contributed by atoms with Gasteiger partial charge in [0.05, 0.1) is 6.10 Å². The lowest BCUT2D eigenvalue weighted by molar-refractivity contribution is -0.137. The average molecular weight is 350 g/mol. The van der Waals surface area contributed by atoms with Crippen molar-refractivity contribution in [1.82, 2.24) is 10.6 Å². The highest BCUT2D eigenvalue weighted by molar-refractivity contribution is 5.74. The van der Waals surface area contributed by atoms with E-state index in [2.05, 4.69) is 10.6 Å². The monoisotopic (exact) mass is 350 g/mol. The molecular weight excluding hydrogens is 320 g/mol. The van der Waals surface area contributed by atoms with Gasteiger partial charge in [-0.05, 0) is 23.8 Å². The van der Waals surface area contributed by atoms with Crippen molar-refractivity contribution in [2.45, 2.75) is 52.2 Å². The van der Waals surface area contributed by atoms with E-state index in [9.17, 15) is 9.59 Å². The smallest absolute Gasteiger partial charge is 0.315 e. The number of nitrogens with one attached hydrogen (secondary N) is 2. The number of aliphatic carboxylic acids is 1. The molecule has 2 amide bonds. The van der Waals surface area contributed by atoms with Gasteiger partial charge < -0.3 is 20.5 Å². The number of carbonyl (C=O) groups excluding carboxylic acids is 1. The van der Waals surface area contributed by atoms with Gasteiger partial charge in [-0.25, -0.2) is 4.79 Å². The van der Waals surface area contributed by atoms with Crippen LogP contribution in [0.4, 0.5) is 4.79 Å². The zero-order valence-corrected chi connectivity index (χ0v) is 15.5. The highest BCUT2D eigenvalue weighted by Crippen LogP contribution is 2.20. The van der Waals surface area contributed by atoms with Crippen molar-refractivity contribution in [3.63, 3.8) is 0 Å². The quantitative estimate of drug-likeness (QED) is 0.639. The summed E-state index contributed by atoms with van der Waals surface area (Å²) < 4.78 is 5.42. The normalized spacial score (nSPS) is 13.8. The minimum absolute atomic E-state index is 0.0144. The first kappa shape index (κ1) is 21.0. The summed E-state index contributed by atoms with van der Waals surface area (Å²) in [6.07, 6.45) is 0.879. The molecule has 1 aromatic rings. The maximum Gasteiger partial charge on any atom is 0.315 e. The van der Waals surface area contributed by atoms with Gasteiger partial charge in [-0.1, -0.05) is 51.1 Å². The zero-order chi connectivity index (χ0) is 18.9. The standard InChI is InChI=1S/C19H30N2O4/c1-19(2,3)16(25-4)13-20-18(24)21-15(10-11-17(22)23)12-14-8-6-5-7-9-14/h5-9,15-16H,10-13H2,1-4H3,(H,22,23)(H2,20,21,24). The molecular formula is C19H30N2O4. The predicted molar refractivity (Wildman–Crippen MR) is 97.6 cm³/mol. The molecule has 140 valence electrons. The Hall–Kier alpha value is -2.08. The van der Waals surface area contributed by atoms with E-state index >= 15 is 0 Å². The van der Waals surface area contributed by atoms with Crippen LogP contribution in [-0.2, 0) is 16.0 Å². The summed E-state index contributed by atoms with van der Waals surface area (Å²) >= 11 is 0. The van der Waals surface area contributed by atoms with Crippen molar-refractivity contribution < 1.29 is 19.4 Å². The maximum absolute atomic E-state index is 12.2. The first-order chi connectivity index (χ1) is 11.7. The predicted octanol–water partition coefficient (Wildman–Crippen LogP) is 2.82. The molecule has 2 atom stereocenters. The van der Waals surface area contributed by atoms with Crippen LogP contribution in [0.1, 0.15) is 39.2 Å². The van der Waals surface area contributed by atoms with Crippen LogP contribution >= 0.6 is 0 Å². The van der Waals surface area contributed by atoms with Crippen molar-refractivity contribution in [3.8, 4) is 0 Å². The topological polar surface area (TPSA) is 87.7 Å². The molecule has 1 aromatic carbocycles. The Morgan fingerprint density at radius 2 is 1.84 bits per heavy atom. The summed E-state index contributed by atoms with van der Waals surface area (Å²) in [6, 6.07) is 9.16. The van der Waals surface area contributed by atoms with Gasteiger partial charge >= 0.3 is 12.0 Å². The number of carbonyl (C=O) groups is 2. The zero-order valence-electron chi connectivity index (χ0n) is 15.5. The summed E-state index contributed by atoms with van der Waals surface area (Å²) in [5.41, 5.74) is 0.969. The Bertz CT molecular complexity index is 540. The second-order valence-electron chi connectivity index (χ2n) is 7.26. The molecule has 0 spiro atoms. The Kier molecular flexibility index (Phi) is 8.41. The number of carboxylic acid groups (broad SMARTS) is 1. The molecule has 0 aromatic heterocycles. The Morgan fingerprint density at radius 3 is 2.36 bits per heavy atom. The number of amides is 2. The molecule has 0 saturated heterocycles. The van der Waals surface area contributed by atoms with Gasteiger partial charge in [-0.15, -0.1) is 0 Å². The van der Waals surface area contributed by atoms with Crippen LogP contribution in [0, 0.1) is 5.41 Å². The fourth-order valence-electron chi connectivity index (χ4n) is 2.59. The molecule has 3 N–H and O–H groups in total. The number of methoxy groups -OCH3 is 1. The van der Waals surface area contributed by atoms with E-state index < -0.39 is 5.97 Å². The Labute approximate surface area is 150 Å². The van der Waals surface area contributed by atoms with Crippen LogP contribution in [0.3, 0.4) is 0 Å². The highest BCUT2D eigenvalue weighted by Gasteiger charge is 2.25. The lowest BCUT2D eigenvalue weighted by Crippen LogP contribution is -2.47. The summed E-state index contributed by atoms with van der Waals surface area (Å²) in [4.78, 5) is 23.1. The van der Waals surface area contributed by atoms with Gasteiger partial charge in [0.1, 0.15) is 0 Å². The van der Waals surface area contributed by atoms with E-state index in [1.165, 1.54) is 0 Å². The Balaban J connectivity index is 2.60. The van der Waals surface area contributed by atoms with Gasteiger partial charge in [0.2, 0.25) is 0 Å². The van der Waals surface area contributed by atoms with Gasteiger partial charge in [0.15, 0.2) is 0 Å². The van der Waals surface area contributed by atoms with Crippen LogP contribution < -0.4 is 10.6 Å². The molecule has 0 heterocycles. The highest BCUT2D eigenvalue weighted by atomic mass is 16.5. The first-order valence-corrected chi connectivity index (χ1v) is 8.55. The lowest BCUT2D eigenvalue weighted by Gasteiger charge is -2.29. The molecule has 0 aliphatic rings. The van der Waals surface area contributed by atoms with Gasteiger partial charge in [-0.2, -0.15) is 0 Å². The summed E-state index contributed by atoms with van der Waals surface area (Å²) in [5, 5.41) is 14.6. The van der Waals surface area contributed by atoms with Crippen molar-refractivity contribution in [2.75, 3.05) is 13.7 Å². The van der Waals surface area contributed by atoms with Crippen molar-refractivity contribution in [2.24, 2.45) is 5.41 Å². The molecule has 0 fully saturated rings. The van der Waals surface area contributed by atoms with E-state index in [0.29, 0.717) is 19.4 Å². The molecule has 1 rings (SSSR count). The average Bonchev–Trinajstić information content (AvgIpc) is 2.52. The Morgan fingerprint density at radius 1 is 1.20 bits per heavy atom. The molecule has 6 nitrogen and oxygen atoms in total. The molecule has 0 radical (unpaired) electrons. The third-order valence-corrected chi connectivity index (χ3v) is 4.07. The van der Waals surface area contributed by atoms with Crippen molar-refractivity contribution in [1.29, 1.82) is 0 Å². The number of hydrogen-bond donors (Lipinski definition) is 3. The lowest BCUT2D eigenvalue weighted by atomic mass is 9.89. The third-order valence-electron chi connectivity index (χ3n) is 4.07. The third kappa shape index (κ3) is 8.54. The molecule has 0 aliphatic heterocycles. The van der Waals surface area contributed by atoms with Crippen LogP contribution in [0.15, 0.2) is 30.3 Å². The fraction of sp³-hybridized carbons (Fsp3) is 0.579. The number of benzene rings is 1. The van der Waals surface area contributed by atoms with E-state index in [1.807, 2.05) is 51.1 Å². The first-order valence-electron chi connectivity index (χ1n) is 8.55. The van der Waals surface area contributed by atoms with Crippen LogP contribution in [0.2, 0.25) is 0 Å². The minimum Gasteiger partial charge on any atom is -0.481 e.